The zero-order valence-electron chi connectivity index (χ0n) is 10.2. The summed E-state index contributed by atoms with van der Waals surface area (Å²) in [5.41, 5.74) is 0.751. The van der Waals surface area contributed by atoms with Gasteiger partial charge in [0.15, 0.2) is 0 Å². The molecule has 0 bridgehead atoms. The van der Waals surface area contributed by atoms with Gasteiger partial charge in [0.25, 0.3) is 0 Å². The molecule has 0 aromatic heterocycles. The first kappa shape index (κ1) is 13.4. The molecular weight excluding hydrogens is 221 g/mol. The summed E-state index contributed by atoms with van der Waals surface area (Å²) in [7, 11) is 1.34. The van der Waals surface area contributed by atoms with Crippen LogP contribution >= 0.6 is 0 Å². The van der Waals surface area contributed by atoms with Crippen LogP contribution in [0.15, 0.2) is 29.3 Å². The van der Waals surface area contributed by atoms with Gasteiger partial charge >= 0.3 is 5.97 Å². The fourth-order valence-corrected chi connectivity index (χ4v) is 1.34. The second kappa shape index (κ2) is 6.13. The second-order valence-corrected chi connectivity index (χ2v) is 4.04. The Morgan fingerprint density at radius 3 is 2.41 bits per heavy atom. The topological polar surface area (TPSA) is 38.7 Å². The Labute approximate surface area is 100 Å². The lowest BCUT2D eigenvalue weighted by Crippen LogP contribution is -2.25. The van der Waals surface area contributed by atoms with Gasteiger partial charge in [0.2, 0.25) is 0 Å². The summed E-state index contributed by atoms with van der Waals surface area (Å²) in [6.07, 6.45) is 1.56. The SMILES string of the molecule is COC(=O)[C@@H](N=Cc1ccc(F)cc1)C(C)C. The molecule has 0 aliphatic carbocycles. The fourth-order valence-electron chi connectivity index (χ4n) is 1.34. The van der Waals surface area contributed by atoms with Crippen LogP contribution in [0, 0.1) is 11.7 Å². The molecule has 0 N–H and O–H groups in total. The standard InChI is InChI=1S/C13H16FNO2/c1-9(2)12(13(16)17-3)15-8-10-4-6-11(14)7-5-10/h4-9,12H,1-3H3/t12-/m0/s1. The molecule has 92 valence electrons. The van der Waals surface area contributed by atoms with Gasteiger partial charge in [0.1, 0.15) is 11.9 Å². The van der Waals surface area contributed by atoms with Crippen molar-refractivity contribution in [1.82, 2.24) is 0 Å². The van der Waals surface area contributed by atoms with Crippen molar-refractivity contribution in [3.63, 3.8) is 0 Å². The summed E-state index contributed by atoms with van der Waals surface area (Å²) in [5, 5.41) is 0. The summed E-state index contributed by atoms with van der Waals surface area (Å²) < 4.78 is 17.3. The number of hydrogen-bond donors (Lipinski definition) is 0. The van der Waals surface area contributed by atoms with Gasteiger partial charge in [-0.2, -0.15) is 0 Å². The normalized spacial score (nSPS) is 13.0. The molecule has 4 heteroatoms. The number of ether oxygens (including phenoxy) is 1. The average molecular weight is 237 g/mol. The van der Waals surface area contributed by atoms with E-state index in [1.807, 2.05) is 13.8 Å². The summed E-state index contributed by atoms with van der Waals surface area (Å²) in [5.74, 6) is -0.604. The first-order chi connectivity index (χ1) is 8.04. The molecule has 0 spiro atoms. The predicted molar refractivity (Wildman–Crippen MR) is 64.6 cm³/mol. The van der Waals surface area contributed by atoms with Crippen molar-refractivity contribution >= 4 is 12.2 Å². The lowest BCUT2D eigenvalue weighted by atomic mass is 10.1. The molecule has 1 atom stereocenters. The molecule has 0 heterocycles. The zero-order valence-corrected chi connectivity index (χ0v) is 10.2. The second-order valence-electron chi connectivity index (χ2n) is 4.04. The third-order valence-electron chi connectivity index (χ3n) is 2.33. The Hall–Kier alpha value is -1.71. The number of halogens is 1. The molecule has 1 aromatic carbocycles. The van der Waals surface area contributed by atoms with Crippen LogP contribution in [0.25, 0.3) is 0 Å². The highest BCUT2D eigenvalue weighted by atomic mass is 19.1. The Morgan fingerprint density at radius 1 is 1.35 bits per heavy atom. The van der Waals surface area contributed by atoms with Crippen molar-refractivity contribution < 1.29 is 13.9 Å². The Kier molecular flexibility index (Phi) is 4.82. The molecule has 0 fully saturated rings. The number of hydrogen-bond acceptors (Lipinski definition) is 3. The minimum atomic E-state index is -0.523. The Bertz CT molecular complexity index is 398. The van der Waals surface area contributed by atoms with Crippen LogP contribution in [0.1, 0.15) is 19.4 Å². The van der Waals surface area contributed by atoms with Gasteiger partial charge in [-0.05, 0) is 23.6 Å². The number of benzene rings is 1. The molecule has 0 aliphatic heterocycles. The van der Waals surface area contributed by atoms with Crippen LogP contribution in [0.3, 0.4) is 0 Å². The Morgan fingerprint density at radius 2 is 1.94 bits per heavy atom. The van der Waals surface area contributed by atoms with E-state index in [4.69, 9.17) is 0 Å². The van der Waals surface area contributed by atoms with Gasteiger partial charge in [0.05, 0.1) is 7.11 Å². The number of methoxy groups -OCH3 is 1. The summed E-state index contributed by atoms with van der Waals surface area (Å²) in [6.45, 7) is 3.78. The molecule has 17 heavy (non-hydrogen) atoms. The van der Waals surface area contributed by atoms with Gasteiger partial charge in [-0.25, -0.2) is 9.18 Å². The quantitative estimate of drug-likeness (QED) is 0.596. The molecule has 1 rings (SSSR count). The van der Waals surface area contributed by atoms with Gasteiger partial charge in [-0.3, -0.25) is 4.99 Å². The van der Waals surface area contributed by atoms with Crippen LogP contribution in [-0.2, 0) is 9.53 Å². The van der Waals surface area contributed by atoms with Crippen molar-refractivity contribution in [1.29, 1.82) is 0 Å². The van der Waals surface area contributed by atoms with Crippen molar-refractivity contribution in [2.75, 3.05) is 7.11 Å². The maximum Gasteiger partial charge on any atom is 0.330 e. The molecule has 0 radical (unpaired) electrons. The van der Waals surface area contributed by atoms with Gasteiger partial charge in [0, 0.05) is 6.21 Å². The van der Waals surface area contributed by atoms with E-state index in [0.29, 0.717) is 0 Å². The van der Waals surface area contributed by atoms with E-state index in [-0.39, 0.29) is 17.7 Å². The molecule has 0 saturated carbocycles. The molecule has 0 unspecified atom stereocenters. The predicted octanol–water partition coefficient (Wildman–Crippen LogP) is 2.44. The largest absolute Gasteiger partial charge is 0.467 e. The number of rotatable bonds is 4. The highest BCUT2D eigenvalue weighted by Gasteiger charge is 2.20. The number of carbonyl (C=O) groups is 1. The average Bonchev–Trinajstić information content (AvgIpc) is 2.31. The van der Waals surface area contributed by atoms with Crippen LogP contribution in [0.2, 0.25) is 0 Å². The molecule has 0 saturated heterocycles. The van der Waals surface area contributed by atoms with E-state index in [0.717, 1.165) is 5.56 Å². The van der Waals surface area contributed by atoms with Crippen LogP contribution in [-0.4, -0.2) is 25.3 Å². The van der Waals surface area contributed by atoms with Crippen molar-refractivity contribution in [2.24, 2.45) is 10.9 Å². The Balaban J connectivity index is 2.79. The van der Waals surface area contributed by atoms with E-state index < -0.39 is 6.04 Å². The number of carbonyl (C=O) groups excluding carboxylic acids is 1. The van der Waals surface area contributed by atoms with Crippen molar-refractivity contribution in [3.05, 3.63) is 35.6 Å². The lowest BCUT2D eigenvalue weighted by molar-refractivity contribution is -0.143. The molecule has 0 aliphatic rings. The van der Waals surface area contributed by atoms with E-state index >= 15 is 0 Å². The van der Waals surface area contributed by atoms with Gasteiger partial charge in [-0.1, -0.05) is 26.0 Å². The van der Waals surface area contributed by atoms with Crippen molar-refractivity contribution in [2.45, 2.75) is 19.9 Å². The number of aliphatic imine (C=N–C) groups is 1. The zero-order chi connectivity index (χ0) is 12.8. The van der Waals surface area contributed by atoms with Crippen LogP contribution in [0.4, 0.5) is 4.39 Å². The van der Waals surface area contributed by atoms with Gasteiger partial charge in [-0.15, -0.1) is 0 Å². The first-order valence-electron chi connectivity index (χ1n) is 5.41. The molecule has 1 aromatic rings. The highest BCUT2D eigenvalue weighted by molar-refractivity contribution is 5.84. The van der Waals surface area contributed by atoms with E-state index in [9.17, 15) is 9.18 Å². The van der Waals surface area contributed by atoms with Crippen LogP contribution < -0.4 is 0 Å². The number of esters is 1. The maximum absolute atomic E-state index is 12.7. The monoisotopic (exact) mass is 237 g/mol. The van der Waals surface area contributed by atoms with E-state index in [1.165, 1.54) is 19.2 Å². The third-order valence-corrected chi connectivity index (χ3v) is 2.33. The third kappa shape index (κ3) is 3.98. The first-order valence-corrected chi connectivity index (χ1v) is 5.41. The van der Waals surface area contributed by atoms with Crippen molar-refractivity contribution in [3.8, 4) is 0 Å². The molecule has 0 amide bonds. The van der Waals surface area contributed by atoms with E-state index in [2.05, 4.69) is 9.73 Å². The lowest BCUT2D eigenvalue weighted by Gasteiger charge is -2.13. The van der Waals surface area contributed by atoms with E-state index in [1.54, 1.807) is 18.3 Å². The summed E-state index contributed by atoms with van der Waals surface area (Å²) in [6, 6.07) is 5.39. The summed E-state index contributed by atoms with van der Waals surface area (Å²) in [4.78, 5) is 15.6. The minimum Gasteiger partial charge on any atom is -0.467 e. The van der Waals surface area contributed by atoms with Gasteiger partial charge < -0.3 is 4.74 Å². The molecule has 3 nitrogen and oxygen atoms in total. The highest BCUT2D eigenvalue weighted by Crippen LogP contribution is 2.09. The smallest absolute Gasteiger partial charge is 0.330 e. The van der Waals surface area contributed by atoms with Crippen LogP contribution in [0.5, 0.6) is 0 Å². The molecular formula is C13H16FNO2. The fraction of sp³-hybridized carbons (Fsp3) is 0.385. The number of nitrogens with zero attached hydrogens (tertiary/aromatic N) is 1. The summed E-state index contributed by atoms with van der Waals surface area (Å²) >= 11 is 0. The minimum absolute atomic E-state index is 0.0548. The maximum atomic E-state index is 12.7.